The van der Waals surface area contributed by atoms with Crippen molar-refractivity contribution in [2.75, 3.05) is 6.54 Å². The van der Waals surface area contributed by atoms with E-state index in [9.17, 15) is 4.79 Å². The highest BCUT2D eigenvalue weighted by Gasteiger charge is 2.43. The Morgan fingerprint density at radius 1 is 1.67 bits per heavy atom. The van der Waals surface area contributed by atoms with E-state index in [-0.39, 0.29) is 0 Å². The fourth-order valence-electron chi connectivity index (χ4n) is 1.35. The average molecular weight is 168 g/mol. The molecule has 1 aliphatic rings. The minimum atomic E-state index is -0.785. The third kappa shape index (κ3) is 1.56. The van der Waals surface area contributed by atoms with Gasteiger partial charge >= 0.3 is 5.97 Å². The molecule has 1 fully saturated rings. The van der Waals surface area contributed by atoms with Crippen molar-refractivity contribution in [2.24, 2.45) is 0 Å². The molecule has 4 heteroatoms. The van der Waals surface area contributed by atoms with Crippen molar-refractivity contribution in [3.05, 3.63) is 0 Å². The van der Waals surface area contributed by atoms with Crippen molar-refractivity contribution in [3.8, 4) is 6.07 Å². The highest BCUT2D eigenvalue weighted by molar-refractivity contribution is 5.79. The molecular formula is C8H12N2O2. The van der Waals surface area contributed by atoms with Gasteiger partial charge in [0.15, 0.2) is 0 Å². The van der Waals surface area contributed by atoms with Gasteiger partial charge in [-0.15, -0.1) is 0 Å². The van der Waals surface area contributed by atoms with Crippen LogP contribution in [0.25, 0.3) is 0 Å². The van der Waals surface area contributed by atoms with Gasteiger partial charge in [0.2, 0.25) is 0 Å². The zero-order valence-corrected chi connectivity index (χ0v) is 6.84. The molecule has 0 saturated heterocycles. The van der Waals surface area contributed by atoms with Gasteiger partial charge in [0, 0.05) is 13.0 Å². The van der Waals surface area contributed by atoms with Gasteiger partial charge in [-0.2, -0.15) is 5.26 Å². The monoisotopic (exact) mass is 168 g/mol. The molecule has 4 nitrogen and oxygen atoms in total. The Bertz CT molecular complexity index is 216. The van der Waals surface area contributed by atoms with E-state index in [1.165, 1.54) is 0 Å². The van der Waals surface area contributed by atoms with Gasteiger partial charge in [0.1, 0.15) is 5.54 Å². The van der Waals surface area contributed by atoms with Gasteiger partial charge < -0.3 is 10.4 Å². The minimum absolute atomic E-state index is 0.370. The number of carbonyl (C=O) groups is 1. The van der Waals surface area contributed by atoms with Crippen molar-refractivity contribution in [2.45, 2.75) is 31.2 Å². The second-order valence-electron chi connectivity index (χ2n) is 3.08. The molecule has 0 amide bonds. The summed E-state index contributed by atoms with van der Waals surface area (Å²) < 4.78 is 0. The number of carboxylic acids is 1. The van der Waals surface area contributed by atoms with Crippen molar-refractivity contribution in [1.29, 1.82) is 5.26 Å². The Balaban J connectivity index is 2.36. The summed E-state index contributed by atoms with van der Waals surface area (Å²) in [4.78, 5) is 10.8. The molecule has 0 unspecified atom stereocenters. The number of nitrogens with one attached hydrogen (secondary N) is 1. The Labute approximate surface area is 71.2 Å². The molecule has 0 radical (unpaired) electrons. The molecule has 0 aliphatic heterocycles. The molecule has 1 rings (SSSR count). The third-order valence-corrected chi connectivity index (χ3v) is 2.32. The van der Waals surface area contributed by atoms with E-state index in [1.54, 1.807) is 0 Å². The smallest absolute Gasteiger partial charge is 0.323 e. The first kappa shape index (κ1) is 9.01. The predicted octanol–water partition coefficient (Wildman–Crippen LogP) is 0.497. The first-order valence-electron chi connectivity index (χ1n) is 4.07. The van der Waals surface area contributed by atoms with Crippen LogP contribution in [0.15, 0.2) is 0 Å². The number of hydrogen-bond acceptors (Lipinski definition) is 3. The molecule has 0 aromatic carbocycles. The molecule has 12 heavy (non-hydrogen) atoms. The quantitative estimate of drug-likeness (QED) is 0.599. The predicted molar refractivity (Wildman–Crippen MR) is 42.5 cm³/mol. The Morgan fingerprint density at radius 3 is 2.67 bits per heavy atom. The fraction of sp³-hybridized carbons (Fsp3) is 0.750. The summed E-state index contributed by atoms with van der Waals surface area (Å²) in [6, 6.07) is 1.97. The molecule has 1 aliphatic carbocycles. The third-order valence-electron chi connectivity index (χ3n) is 2.32. The van der Waals surface area contributed by atoms with E-state index in [0.29, 0.717) is 25.8 Å². The van der Waals surface area contributed by atoms with E-state index in [0.717, 1.165) is 6.42 Å². The largest absolute Gasteiger partial charge is 0.480 e. The van der Waals surface area contributed by atoms with Crippen molar-refractivity contribution in [3.63, 3.8) is 0 Å². The molecule has 0 bridgehead atoms. The lowest BCUT2D eigenvalue weighted by Crippen LogP contribution is -2.57. The van der Waals surface area contributed by atoms with Crippen molar-refractivity contribution >= 4 is 5.97 Å². The molecule has 0 atom stereocenters. The SMILES string of the molecule is N#CCCNC1(C(=O)O)CCC1. The van der Waals surface area contributed by atoms with E-state index in [4.69, 9.17) is 10.4 Å². The highest BCUT2D eigenvalue weighted by Crippen LogP contribution is 2.31. The van der Waals surface area contributed by atoms with Crippen LogP contribution in [0, 0.1) is 11.3 Å². The number of aliphatic carboxylic acids is 1. The number of carboxylic acid groups (broad SMARTS) is 1. The second kappa shape index (κ2) is 3.55. The van der Waals surface area contributed by atoms with Crippen LogP contribution in [0.5, 0.6) is 0 Å². The van der Waals surface area contributed by atoms with Crippen LogP contribution in [0.3, 0.4) is 0 Å². The molecule has 0 heterocycles. The molecule has 0 aromatic rings. The van der Waals surface area contributed by atoms with Crippen LogP contribution in [0.2, 0.25) is 0 Å². The topological polar surface area (TPSA) is 73.1 Å². The van der Waals surface area contributed by atoms with E-state index >= 15 is 0 Å². The zero-order valence-electron chi connectivity index (χ0n) is 6.84. The van der Waals surface area contributed by atoms with Gasteiger partial charge in [-0.05, 0) is 19.3 Å². The Kier molecular flexibility index (Phi) is 2.66. The fourth-order valence-corrected chi connectivity index (χ4v) is 1.35. The van der Waals surface area contributed by atoms with Gasteiger partial charge in [-0.1, -0.05) is 0 Å². The van der Waals surface area contributed by atoms with Crippen LogP contribution >= 0.6 is 0 Å². The zero-order chi connectivity index (χ0) is 9.03. The van der Waals surface area contributed by atoms with Gasteiger partial charge in [-0.3, -0.25) is 4.79 Å². The van der Waals surface area contributed by atoms with Crippen LogP contribution in [0.1, 0.15) is 25.7 Å². The van der Waals surface area contributed by atoms with Crippen molar-refractivity contribution < 1.29 is 9.90 Å². The normalized spacial score (nSPS) is 19.2. The lowest BCUT2D eigenvalue weighted by atomic mass is 9.77. The van der Waals surface area contributed by atoms with Gasteiger partial charge in [0.05, 0.1) is 6.07 Å². The Hall–Kier alpha value is -1.08. The van der Waals surface area contributed by atoms with Gasteiger partial charge in [0.25, 0.3) is 0 Å². The second-order valence-corrected chi connectivity index (χ2v) is 3.08. The first-order valence-corrected chi connectivity index (χ1v) is 4.07. The number of nitrogens with zero attached hydrogens (tertiary/aromatic N) is 1. The summed E-state index contributed by atoms with van der Waals surface area (Å²) in [6.07, 6.45) is 2.71. The van der Waals surface area contributed by atoms with Gasteiger partial charge in [-0.25, -0.2) is 0 Å². The summed E-state index contributed by atoms with van der Waals surface area (Å²) >= 11 is 0. The molecular weight excluding hydrogens is 156 g/mol. The molecule has 1 saturated carbocycles. The highest BCUT2D eigenvalue weighted by atomic mass is 16.4. The van der Waals surface area contributed by atoms with E-state index in [1.807, 2.05) is 6.07 Å². The van der Waals surface area contributed by atoms with Crippen LogP contribution in [-0.2, 0) is 4.79 Å². The lowest BCUT2D eigenvalue weighted by Gasteiger charge is -2.38. The average Bonchev–Trinajstić information content (AvgIpc) is 1.94. The standard InChI is InChI=1S/C8H12N2O2/c9-5-2-6-10-8(7(11)12)3-1-4-8/h10H,1-4,6H2,(H,11,12). The summed E-state index contributed by atoms with van der Waals surface area (Å²) in [5, 5.41) is 20.0. The van der Waals surface area contributed by atoms with E-state index < -0.39 is 11.5 Å². The number of rotatable bonds is 4. The van der Waals surface area contributed by atoms with Crippen LogP contribution < -0.4 is 5.32 Å². The van der Waals surface area contributed by atoms with Crippen LogP contribution in [-0.4, -0.2) is 23.2 Å². The molecule has 2 N–H and O–H groups in total. The minimum Gasteiger partial charge on any atom is -0.480 e. The number of nitriles is 1. The van der Waals surface area contributed by atoms with E-state index in [2.05, 4.69) is 5.32 Å². The molecule has 0 aromatic heterocycles. The maximum atomic E-state index is 10.8. The summed E-state index contributed by atoms with van der Waals surface area (Å²) in [5.74, 6) is -0.785. The lowest BCUT2D eigenvalue weighted by molar-refractivity contribution is -0.148. The molecule has 0 spiro atoms. The van der Waals surface area contributed by atoms with Crippen LogP contribution in [0.4, 0.5) is 0 Å². The first-order chi connectivity index (χ1) is 5.71. The Morgan fingerprint density at radius 2 is 2.33 bits per heavy atom. The maximum absolute atomic E-state index is 10.8. The molecule has 66 valence electrons. The van der Waals surface area contributed by atoms with Crippen molar-refractivity contribution in [1.82, 2.24) is 5.32 Å². The number of hydrogen-bond donors (Lipinski definition) is 2. The maximum Gasteiger partial charge on any atom is 0.323 e. The summed E-state index contributed by atoms with van der Waals surface area (Å²) in [6.45, 7) is 0.475. The summed E-state index contributed by atoms with van der Waals surface area (Å²) in [7, 11) is 0. The summed E-state index contributed by atoms with van der Waals surface area (Å²) in [5.41, 5.74) is -0.711.